The van der Waals surface area contributed by atoms with Crippen molar-refractivity contribution >= 4 is 5.97 Å². The minimum absolute atomic E-state index is 0.0449. The first-order chi connectivity index (χ1) is 9.08. The molecule has 0 aliphatic carbocycles. The molecule has 0 saturated heterocycles. The van der Waals surface area contributed by atoms with E-state index in [1.165, 1.54) is 5.56 Å². The summed E-state index contributed by atoms with van der Waals surface area (Å²) in [5, 5.41) is 3.36. The van der Waals surface area contributed by atoms with Crippen LogP contribution in [0, 0.1) is 6.92 Å². The minimum atomic E-state index is -0.341. The number of carbonyl (C=O) groups is 1. The van der Waals surface area contributed by atoms with Gasteiger partial charge < -0.3 is 14.8 Å². The van der Waals surface area contributed by atoms with Gasteiger partial charge in [0.05, 0.1) is 6.61 Å². The summed E-state index contributed by atoms with van der Waals surface area (Å²) in [6.07, 6.45) is 0. The molecule has 1 atom stereocenters. The summed E-state index contributed by atoms with van der Waals surface area (Å²) in [6.45, 7) is 9.22. The summed E-state index contributed by atoms with van der Waals surface area (Å²) in [4.78, 5) is 11.2. The molecule has 1 aromatic rings. The zero-order chi connectivity index (χ0) is 14.3. The number of ether oxygens (including phenoxy) is 2. The summed E-state index contributed by atoms with van der Waals surface area (Å²) in [5.41, 5.74) is 2.23. The number of rotatable bonds is 7. The van der Waals surface area contributed by atoms with Gasteiger partial charge in [0.1, 0.15) is 5.75 Å². The molecule has 0 aliphatic rings. The lowest BCUT2D eigenvalue weighted by atomic mass is 10.1. The number of nitrogens with one attached hydrogen (secondary N) is 1. The van der Waals surface area contributed by atoms with Crippen LogP contribution in [0.2, 0.25) is 0 Å². The number of aryl methyl sites for hydroxylation is 1. The van der Waals surface area contributed by atoms with E-state index in [1.807, 2.05) is 19.1 Å². The monoisotopic (exact) mass is 265 g/mol. The molecule has 4 heteroatoms. The Hall–Kier alpha value is -1.55. The van der Waals surface area contributed by atoms with Gasteiger partial charge in [0.25, 0.3) is 0 Å². The van der Waals surface area contributed by atoms with E-state index in [4.69, 9.17) is 9.47 Å². The van der Waals surface area contributed by atoms with E-state index in [0.29, 0.717) is 12.6 Å². The van der Waals surface area contributed by atoms with Gasteiger partial charge in [-0.25, -0.2) is 4.79 Å². The fraction of sp³-hybridized carbons (Fsp3) is 0.533. The molecule has 1 aromatic carbocycles. The van der Waals surface area contributed by atoms with Crippen molar-refractivity contribution in [2.24, 2.45) is 0 Å². The van der Waals surface area contributed by atoms with E-state index in [-0.39, 0.29) is 12.6 Å². The van der Waals surface area contributed by atoms with Crippen molar-refractivity contribution in [2.45, 2.75) is 33.7 Å². The summed E-state index contributed by atoms with van der Waals surface area (Å²) >= 11 is 0. The lowest BCUT2D eigenvalue weighted by Crippen LogP contribution is -2.18. The van der Waals surface area contributed by atoms with Crippen LogP contribution in [-0.2, 0) is 9.53 Å². The summed E-state index contributed by atoms with van der Waals surface area (Å²) in [5.74, 6) is 0.382. The van der Waals surface area contributed by atoms with Gasteiger partial charge in [-0.3, -0.25) is 0 Å². The van der Waals surface area contributed by atoms with E-state index in [9.17, 15) is 4.79 Å². The first-order valence-electron chi connectivity index (χ1n) is 6.70. The van der Waals surface area contributed by atoms with Gasteiger partial charge in [0.15, 0.2) is 6.61 Å². The first-order valence-corrected chi connectivity index (χ1v) is 6.70. The van der Waals surface area contributed by atoms with Crippen LogP contribution in [0.1, 0.15) is 37.9 Å². The smallest absolute Gasteiger partial charge is 0.344 e. The SMILES string of the molecule is CCNC(C)c1ccc(OCC(=O)OCC)c(C)c1. The Kier molecular flexibility index (Phi) is 6.36. The predicted molar refractivity (Wildman–Crippen MR) is 75.4 cm³/mol. The molecular formula is C15H23NO3. The van der Waals surface area contributed by atoms with Gasteiger partial charge in [-0.1, -0.05) is 19.1 Å². The molecule has 0 radical (unpaired) electrons. The van der Waals surface area contributed by atoms with Gasteiger partial charge in [-0.15, -0.1) is 0 Å². The molecule has 0 amide bonds. The molecule has 0 aromatic heterocycles. The Morgan fingerprint density at radius 1 is 1.37 bits per heavy atom. The minimum Gasteiger partial charge on any atom is -0.482 e. The van der Waals surface area contributed by atoms with Gasteiger partial charge >= 0.3 is 5.97 Å². The fourth-order valence-corrected chi connectivity index (χ4v) is 1.87. The van der Waals surface area contributed by atoms with E-state index in [1.54, 1.807) is 6.92 Å². The third-order valence-electron chi connectivity index (χ3n) is 2.86. The zero-order valence-corrected chi connectivity index (χ0v) is 12.2. The number of hydrogen-bond donors (Lipinski definition) is 1. The van der Waals surface area contributed by atoms with Crippen LogP contribution < -0.4 is 10.1 Å². The average Bonchev–Trinajstić information content (AvgIpc) is 2.38. The molecule has 0 saturated carbocycles. The molecule has 1 unspecified atom stereocenters. The van der Waals surface area contributed by atoms with Gasteiger partial charge in [0, 0.05) is 6.04 Å². The molecule has 1 rings (SSSR count). The van der Waals surface area contributed by atoms with Crippen molar-refractivity contribution < 1.29 is 14.3 Å². The zero-order valence-electron chi connectivity index (χ0n) is 12.2. The molecule has 19 heavy (non-hydrogen) atoms. The second-order valence-corrected chi connectivity index (χ2v) is 4.40. The quantitative estimate of drug-likeness (QED) is 0.770. The highest BCUT2D eigenvalue weighted by Gasteiger charge is 2.08. The lowest BCUT2D eigenvalue weighted by molar-refractivity contribution is -0.145. The van der Waals surface area contributed by atoms with Crippen molar-refractivity contribution in [2.75, 3.05) is 19.8 Å². The van der Waals surface area contributed by atoms with Crippen molar-refractivity contribution in [1.29, 1.82) is 0 Å². The highest BCUT2D eigenvalue weighted by Crippen LogP contribution is 2.22. The number of benzene rings is 1. The van der Waals surface area contributed by atoms with Crippen LogP contribution in [-0.4, -0.2) is 25.7 Å². The second kappa shape index (κ2) is 7.79. The summed E-state index contributed by atoms with van der Waals surface area (Å²) < 4.78 is 10.3. The van der Waals surface area contributed by atoms with Crippen LogP contribution in [0.25, 0.3) is 0 Å². The molecule has 106 valence electrons. The molecule has 0 bridgehead atoms. The third kappa shape index (κ3) is 4.91. The van der Waals surface area contributed by atoms with Crippen LogP contribution in [0.4, 0.5) is 0 Å². The first kappa shape index (κ1) is 15.5. The van der Waals surface area contributed by atoms with E-state index in [0.717, 1.165) is 17.9 Å². The maximum absolute atomic E-state index is 11.2. The third-order valence-corrected chi connectivity index (χ3v) is 2.86. The molecule has 1 N–H and O–H groups in total. The average molecular weight is 265 g/mol. The van der Waals surface area contributed by atoms with Crippen LogP contribution >= 0.6 is 0 Å². The molecule has 0 fully saturated rings. The Morgan fingerprint density at radius 2 is 2.11 bits per heavy atom. The molecule has 4 nitrogen and oxygen atoms in total. The molecule has 0 aliphatic heterocycles. The Bertz CT molecular complexity index is 418. The maximum Gasteiger partial charge on any atom is 0.344 e. The summed E-state index contributed by atoms with van der Waals surface area (Å²) in [7, 11) is 0. The van der Waals surface area contributed by atoms with Crippen molar-refractivity contribution in [3.05, 3.63) is 29.3 Å². The van der Waals surface area contributed by atoms with Crippen molar-refractivity contribution in [3.8, 4) is 5.75 Å². The largest absolute Gasteiger partial charge is 0.482 e. The number of carbonyl (C=O) groups excluding carboxylic acids is 1. The van der Waals surface area contributed by atoms with E-state index < -0.39 is 0 Å². The van der Waals surface area contributed by atoms with E-state index >= 15 is 0 Å². The highest BCUT2D eigenvalue weighted by molar-refractivity contribution is 5.71. The standard InChI is InChI=1S/C15H23NO3/c1-5-16-12(4)13-7-8-14(11(3)9-13)19-10-15(17)18-6-2/h7-9,12,16H,5-6,10H2,1-4H3. The molecular weight excluding hydrogens is 242 g/mol. The number of hydrogen-bond acceptors (Lipinski definition) is 4. The fourth-order valence-electron chi connectivity index (χ4n) is 1.87. The van der Waals surface area contributed by atoms with Crippen molar-refractivity contribution in [3.63, 3.8) is 0 Å². The van der Waals surface area contributed by atoms with Crippen LogP contribution in [0.5, 0.6) is 5.75 Å². The topological polar surface area (TPSA) is 47.6 Å². The van der Waals surface area contributed by atoms with Gasteiger partial charge in [-0.2, -0.15) is 0 Å². The molecule has 0 spiro atoms. The predicted octanol–water partition coefficient (Wildman–Crippen LogP) is 2.61. The van der Waals surface area contributed by atoms with Crippen LogP contribution in [0.3, 0.4) is 0 Å². The second-order valence-electron chi connectivity index (χ2n) is 4.40. The van der Waals surface area contributed by atoms with Gasteiger partial charge in [-0.05, 0) is 44.5 Å². The molecule has 0 heterocycles. The summed E-state index contributed by atoms with van der Waals surface area (Å²) in [6, 6.07) is 6.30. The Balaban J connectivity index is 2.64. The Labute approximate surface area is 115 Å². The Morgan fingerprint density at radius 3 is 2.68 bits per heavy atom. The number of esters is 1. The van der Waals surface area contributed by atoms with Crippen LogP contribution in [0.15, 0.2) is 18.2 Å². The highest BCUT2D eigenvalue weighted by atomic mass is 16.6. The van der Waals surface area contributed by atoms with Gasteiger partial charge in [0.2, 0.25) is 0 Å². The normalized spacial score (nSPS) is 12.0. The van der Waals surface area contributed by atoms with Crippen molar-refractivity contribution in [1.82, 2.24) is 5.32 Å². The van der Waals surface area contributed by atoms with E-state index in [2.05, 4.69) is 25.2 Å². The lowest BCUT2D eigenvalue weighted by Gasteiger charge is -2.15. The maximum atomic E-state index is 11.2.